The molecular formula is C32H26ClF3N4O6S. The number of amides is 2. The minimum atomic E-state index is -4.87. The molecule has 47 heavy (non-hydrogen) atoms. The molecule has 0 atom stereocenters. The van der Waals surface area contributed by atoms with Gasteiger partial charge in [-0.1, -0.05) is 35.9 Å². The summed E-state index contributed by atoms with van der Waals surface area (Å²) < 4.78 is 81.5. The van der Waals surface area contributed by atoms with E-state index in [-0.39, 0.29) is 51.1 Å². The lowest BCUT2D eigenvalue weighted by Crippen LogP contribution is -2.29. The summed E-state index contributed by atoms with van der Waals surface area (Å²) >= 11 is 6.41. The van der Waals surface area contributed by atoms with Crippen LogP contribution in [0, 0.1) is 13.8 Å². The Hall–Kier alpha value is -4.76. The van der Waals surface area contributed by atoms with Gasteiger partial charge >= 0.3 is 6.18 Å². The van der Waals surface area contributed by atoms with E-state index < -0.39 is 44.1 Å². The number of fused-ring (bicyclic) bond motifs is 1. The fraction of sp³-hybridized carbons (Fsp3) is 0.156. The Balaban J connectivity index is 1.74. The number of alkyl halides is 3. The largest absolute Gasteiger partial charge is 0.417 e. The maximum absolute atomic E-state index is 14.7. The summed E-state index contributed by atoms with van der Waals surface area (Å²) in [6.07, 6.45) is -4.81. The van der Waals surface area contributed by atoms with Crippen LogP contribution in [-0.2, 0) is 27.6 Å². The zero-order chi connectivity index (χ0) is 34.3. The minimum absolute atomic E-state index is 0.00907. The molecule has 0 aliphatic heterocycles. The van der Waals surface area contributed by atoms with Crippen LogP contribution in [0.5, 0.6) is 0 Å². The average molecular weight is 687 g/mol. The Kier molecular flexibility index (Phi) is 9.15. The number of anilines is 3. The number of carbonyl (C=O) groups is 2. The number of hydrogen-bond acceptors (Lipinski definition) is 6. The molecule has 0 fully saturated rings. The van der Waals surface area contributed by atoms with Gasteiger partial charge in [-0.2, -0.15) is 21.6 Å². The van der Waals surface area contributed by atoms with Crippen molar-refractivity contribution in [1.29, 1.82) is 0 Å². The molecule has 0 bridgehead atoms. The summed E-state index contributed by atoms with van der Waals surface area (Å²) in [5, 5.41) is 2.69. The number of nitrogens with one attached hydrogen (secondary N) is 2. The Morgan fingerprint density at radius 2 is 1.72 bits per heavy atom. The van der Waals surface area contributed by atoms with Crippen LogP contribution in [0.4, 0.5) is 30.2 Å². The first-order valence-electron chi connectivity index (χ1n) is 13.8. The van der Waals surface area contributed by atoms with E-state index in [1.807, 2.05) is 0 Å². The van der Waals surface area contributed by atoms with E-state index in [1.165, 1.54) is 43.5 Å². The van der Waals surface area contributed by atoms with E-state index in [2.05, 4.69) is 15.3 Å². The van der Waals surface area contributed by atoms with Gasteiger partial charge in [0.2, 0.25) is 0 Å². The molecule has 4 aromatic carbocycles. The zero-order valence-electron chi connectivity index (χ0n) is 24.9. The van der Waals surface area contributed by atoms with Gasteiger partial charge in [-0.15, -0.1) is 0 Å². The van der Waals surface area contributed by atoms with Crippen molar-refractivity contribution in [2.45, 2.75) is 31.5 Å². The van der Waals surface area contributed by atoms with Crippen molar-refractivity contribution >= 4 is 61.6 Å². The number of imidazole rings is 1. The highest BCUT2D eigenvalue weighted by Gasteiger charge is 2.35. The lowest BCUT2D eigenvalue weighted by atomic mass is 10.0. The van der Waals surface area contributed by atoms with Crippen molar-refractivity contribution in [2.24, 2.45) is 0 Å². The minimum Gasteiger partial charge on any atom is -0.377 e. The first-order chi connectivity index (χ1) is 22.1. The number of aromatic amines is 1. The number of hydrogen-bond donors (Lipinski definition) is 3. The quantitative estimate of drug-likeness (QED) is 0.144. The van der Waals surface area contributed by atoms with Crippen molar-refractivity contribution in [3.8, 4) is 0 Å². The van der Waals surface area contributed by atoms with Crippen LogP contribution in [0.3, 0.4) is 0 Å². The number of benzene rings is 4. The zero-order valence-corrected chi connectivity index (χ0v) is 26.5. The molecule has 0 spiro atoms. The first kappa shape index (κ1) is 33.6. The number of rotatable bonds is 8. The van der Waals surface area contributed by atoms with E-state index in [9.17, 15) is 35.7 Å². The first-order valence-corrected chi connectivity index (χ1v) is 15.6. The number of ether oxygens (including phenoxy) is 1. The van der Waals surface area contributed by atoms with Gasteiger partial charge in [0.15, 0.2) is 0 Å². The van der Waals surface area contributed by atoms with Crippen molar-refractivity contribution in [3.05, 3.63) is 111 Å². The Morgan fingerprint density at radius 1 is 1.00 bits per heavy atom. The van der Waals surface area contributed by atoms with Gasteiger partial charge in [0.25, 0.3) is 21.9 Å². The molecular weight excluding hydrogens is 661 g/mol. The van der Waals surface area contributed by atoms with Crippen molar-refractivity contribution in [3.63, 3.8) is 0 Å². The van der Waals surface area contributed by atoms with E-state index in [0.717, 1.165) is 29.2 Å². The van der Waals surface area contributed by atoms with Crippen LogP contribution in [0.25, 0.3) is 11.0 Å². The SMILES string of the molecule is COCc1nc2c(C(=O)N(c3cc(C)ccc3S(=O)(=O)O)c3cccc(Cl)c3C)cc(NC(=O)c3ccccc3C(F)(F)F)cc2[nH]1. The van der Waals surface area contributed by atoms with Crippen LogP contribution >= 0.6 is 11.6 Å². The highest BCUT2D eigenvalue weighted by Crippen LogP contribution is 2.39. The second-order valence-electron chi connectivity index (χ2n) is 10.5. The predicted octanol–water partition coefficient (Wildman–Crippen LogP) is 7.48. The third-order valence-electron chi connectivity index (χ3n) is 7.20. The molecule has 0 unspecified atom stereocenters. The molecule has 244 valence electrons. The fourth-order valence-electron chi connectivity index (χ4n) is 5.06. The molecule has 0 radical (unpaired) electrons. The number of H-pyrrole nitrogens is 1. The van der Waals surface area contributed by atoms with Crippen molar-refractivity contribution < 1.29 is 40.5 Å². The highest BCUT2D eigenvalue weighted by atomic mass is 35.5. The molecule has 1 aromatic heterocycles. The number of halogens is 4. The molecule has 5 rings (SSSR count). The maximum atomic E-state index is 14.7. The van der Waals surface area contributed by atoms with Gasteiger partial charge in [0.1, 0.15) is 22.8 Å². The number of methoxy groups -OCH3 is 1. The topological polar surface area (TPSA) is 142 Å². The number of aromatic nitrogens is 2. The molecule has 10 nitrogen and oxygen atoms in total. The number of carbonyl (C=O) groups excluding carboxylic acids is 2. The Labute approximate surface area is 271 Å². The summed E-state index contributed by atoms with van der Waals surface area (Å²) in [6.45, 7) is 3.25. The van der Waals surface area contributed by atoms with Crippen molar-refractivity contribution in [1.82, 2.24) is 9.97 Å². The maximum Gasteiger partial charge on any atom is 0.417 e. The van der Waals surface area contributed by atoms with Gasteiger partial charge in [-0.05, 0) is 73.5 Å². The molecule has 15 heteroatoms. The van der Waals surface area contributed by atoms with E-state index in [0.29, 0.717) is 11.1 Å². The van der Waals surface area contributed by atoms with Gasteiger partial charge in [0, 0.05) is 17.8 Å². The molecule has 0 aliphatic carbocycles. The molecule has 1 heterocycles. The molecule has 3 N–H and O–H groups in total. The van der Waals surface area contributed by atoms with Gasteiger partial charge in [-0.25, -0.2) is 4.98 Å². The molecule has 0 aliphatic rings. The summed E-state index contributed by atoms with van der Waals surface area (Å²) in [7, 11) is -3.45. The second-order valence-corrected chi connectivity index (χ2v) is 12.3. The van der Waals surface area contributed by atoms with Gasteiger partial charge < -0.3 is 15.0 Å². The molecule has 0 saturated carbocycles. The van der Waals surface area contributed by atoms with Crippen LogP contribution in [-0.4, -0.2) is 41.9 Å². The number of aryl methyl sites for hydroxylation is 1. The lowest BCUT2D eigenvalue weighted by molar-refractivity contribution is -0.137. The normalized spacial score (nSPS) is 11.9. The van der Waals surface area contributed by atoms with Crippen molar-refractivity contribution in [2.75, 3.05) is 17.3 Å². The number of nitrogens with zero attached hydrogens (tertiary/aromatic N) is 2. The second kappa shape index (κ2) is 12.8. The van der Waals surface area contributed by atoms with Crippen LogP contribution < -0.4 is 10.2 Å². The monoisotopic (exact) mass is 686 g/mol. The van der Waals surface area contributed by atoms with E-state index in [4.69, 9.17) is 16.3 Å². The molecule has 5 aromatic rings. The highest BCUT2D eigenvalue weighted by molar-refractivity contribution is 7.86. The van der Waals surface area contributed by atoms with E-state index in [1.54, 1.807) is 26.0 Å². The third kappa shape index (κ3) is 6.86. The van der Waals surface area contributed by atoms with Crippen LogP contribution in [0.2, 0.25) is 5.02 Å². The van der Waals surface area contributed by atoms with Gasteiger partial charge in [0.05, 0.1) is 33.6 Å². The predicted molar refractivity (Wildman–Crippen MR) is 170 cm³/mol. The lowest BCUT2D eigenvalue weighted by Gasteiger charge is -2.27. The Morgan fingerprint density at radius 3 is 2.40 bits per heavy atom. The molecule has 2 amide bonds. The standard InChI is InChI=1S/C32H26ClF3N4O6S/c1-17-11-12-27(47(43,44)45)26(13-17)40(25-10-6-9-23(33)18(25)2)31(42)21-14-19(15-24-29(21)39-28(38-24)16-46-3)37-30(41)20-7-4-5-8-22(20)32(34,35)36/h4-15H,16H2,1-3H3,(H,37,41)(H,38,39)(H,43,44,45). The summed E-state index contributed by atoms with van der Waals surface area (Å²) in [5.41, 5.74) is -0.876. The van der Waals surface area contributed by atoms with Crippen LogP contribution in [0.1, 0.15) is 43.2 Å². The van der Waals surface area contributed by atoms with E-state index >= 15 is 0 Å². The third-order valence-corrected chi connectivity index (χ3v) is 8.51. The average Bonchev–Trinajstić information content (AvgIpc) is 3.40. The summed E-state index contributed by atoms with van der Waals surface area (Å²) in [6, 6.07) is 15.5. The Bertz CT molecular complexity index is 2150. The van der Waals surface area contributed by atoms with Gasteiger partial charge in [-0.3, -0.25) is 19.0 Å². The fourth-order valence-corrected chi connectivity index (χ4v) is 5.89. The smallest absolute Gasteiger partial charge is 0.377 e. The van der Waals surface area contributed by atoms with Crippen LogP contribution in [0.15, 0.2) is 77.7 Å². The summed E-state index contributed by atoms with van der Waals surface area (Å²) in [5.74, 6) is -1.68. The molecule has 0 saturated heterocycles. The summed E-state index contributed by atoms with van der Waals surface area (Å²) in [4.78, 5) is 35.8.